The smallest absolute Gasteiger partial charge is 0.190 e. The number of ketones is 1. The molecule has 0 amide bonds. The SMILES string of the molecule is CC1=CC(=O)COC1N=N. The zero-order valence-corrected chi connectivity index (χ0v) is 5.63. The van der Waals surface area contributed by atoms with Crippen molar-refractivity contribution in [2.75, 3.05) is 6.61 Å². The maximum absolute atomic E-state index is 10.6. The molecule has 1 atom stereocenters. The zero-order chi connectivity index (χ0) is 7.56. The van der Waals surface area contributed by atoms with Crippen molar-refractivity contribution in [3.05, 3.63) is 11.6 Å². The van der Waals surface area contributed by atoms with Gasteiger partial charge >= 0.3 is 0 Å². The van der Waals surface area contributed by atoms with Gasteiger partial charge < -0.3 is 4.74 Å². The van der Waals surface area contributed by atoms with Crippen LogP contribution in [0.3, 0.4) is 0 Å². The van der Waals surface area contributed by atoms with Crippen molar-refractivity contribution in [3.8, 4) is 0 Å². The molecule has 0 aromatic heterocycles. The van der Waals surface area contributed by atoms with Crippen molar-refractivity contribution in [2.45, 2.75) is 13.2 Å². The Balaban J connectivity index is 2.76. The van der Waals surface area contributed by atoms with Gasteiger partial charge in [0.15, 0.2) is 12.0 Å². The third kappa shape index (κ3) is 1.27. The lowest BCUT2D eigenvalue weighted by Gasteiger charge is -2.15. The summed E-state index contributed by atoms with van der Waals surface area (Å²) in [4.78, 5) is 10.6. The molecule has 1 unspecified atom stereocenters. The van der Waals surface area contributed by atoms with Gasteiger partial charge in [0.1, 0.15) is 6.61 Å². The minimum absolute atomic E-state index is 0.0460. The van der Waals surface area contributed by atoms with Gasteiger partial charge in [0.05, 0.1) is 0 Å². The molecule has 0 aromatic carbocycles. The van der Waals surface area contributed by atoms with Crippen molar-refractivity contribution in [3.63, 3.8) is 0 Å². The topological polar surface area (TPSA) is 62.5 Å². The van der Waals surface area contributed by atoms with Crippen LogP contribution >= 0.6 is 0 Å². The first-order chi connectivity index (χ1) is 4.74. The molecule has 54 valence electrons. The van der Waals surface area contributed by atoms with Crippen LogP contribution in [-0.4, -0.2) is 18.6 Å². The second kappa shape index (κ2) is 2.70. The first kappa shape index (κ1) is 7.08. The summed E-state index contributed by atoms with van der Waals surface area (Å²) in [6, 6.07) is 0. The number of carbonyl (C=O) groups is 1. The molecule has 4 nitrogen and oxygen atoms in total. The molecule has 1 aliphatic heterocycles. The molecule has 4 heteroatoms. The van der Waals surface area contributed by atoms with Crippen LogP contribution in [0.4, 0.5) is 0 Å². The zero-order valence-electron chi connectivity index (χ0n) is 5.63. The lowest BCUT2D eigenvalue weighted by molar-refractivity contribution is -0.121. The van der Waals surface area contributed by atoms with Crippen LogP contribution in [0.15, 0.2) is 16.8 Å². The van der Waals surface area contributed by atoms with Gasteiger partial charge in [-0.15, -0.1) is 0 Å². The van der Waals surface area contributed by atoms with E-state index in [0.717, 1.165) is 0 Å². The van der Waals surface area contributed by atoms with E-state index in [4.69, 9.17) is 10.3 Å². The summed E-state index contributed by atoms with van der Waals surface area (Å²) < 4.78 is 4.88. The maximum atomic E-state index is 10.6. The van der Waals surface area contributed by atoms with E-state index in [0.29, 0.717) is 5.57 Å². The van der Waals surface area contributed by atoms with Crippen LogP contribution in [0.5, 0.6) is 0 Å². The van der Waals surface area contributed by atoms with Gasteiger partial charge in [0.2, 0.25) is 0 Å². The summed E-state index contributed by atoms with van der Waals surface area (Å²) in [6.07, 6.45) is 0.935. The Hall–Kier alpha value is -1.03. The monoisotopic (exact) mass is 140 g/mol. The molecule has 0 aliphatic carbocycles. The minimum Gasteiger partial charge on any atom is -0.343 e. The Labute approximate surface area is 58.4 Å². The van der Waals surface area contributed by atoms with E-state index in [-0.39, 0.29) is 12.4 Å². The van der Waals surface area contributed by atoms with E-state index < -0.39 is 6.23 Å². The van der Waals surface area contributed by atoms with Gasteiger partial charge in [-0.2, -0.15) is 5.11 Å². The Kier molecular flexibility index (Phi) is 1.91. The predicted molar refractivity (Wildman–Crippen MR) is 33.7 cm³/mol. The van der Waals surface area contributed by atoms with Crippen LogP contribution in [0, 0.1) is 5.53 Å². The van der Waals surface area contributed by atoms with Gasteiger partial charge in [-0.1, -0.05) is 0 Å². The van der Waals surface area contributed by atoms with Gasteiger partial charge in [-0.3, -0.25) is 4.79 Å². The van der Waals surface area contributed by atoms with Crippen LogP contribution in [0.25, 0.3) is 0 Å². The average molecular weight is 140 g/mol. The number of nitrogens with one attached hydrogen (secondary N) is 1. The van der Waals surface area contributed by atoms with Gasteiger partial charge in [-0.05, 0) is 18.6 Å². The molecular formula is C6H8N2O2. The summed E-state index contributed by atoms with van der Waals surface area (Å²) in [7, 11) is 0. The molecule has 0 bridgehead atoms. The molecule has 0 fully saturated rings. The van der Waals surface area contributed by atoms with Crippen LogP contribution in [0.2, 0.25) is 0 Å². The highest BCUT2D eigenvalue weighted by molar-refractivity contribution is 5.92. The van der Waals surface area contributed by atoms with Crippen LogP contribution < -0.4 is 0 Å². The molecule has 1 N–H and O–H groups in total. The third-order valence-corrected chi connectivity index (χ3v) is 1.28. The minimum atomic E-state index is -0.530. The Morgan fingerprint density at radius 2 is 2.60 bits per heavy atom. The quantitative estimate of drug-likeness (QED) is 0.550. The molecule has 1 aliphatic rings. The fraction of sp³-hybridized carbons (Fsp3) is 0.500. The van der Waals surface area contributed by atoms with E-state index in [1.165, 1.54) is 6.08 Å². The van der Waals surface area contributed by atoms with Crippen molar-refractivity contribution < 1.29 is 9.53 Å². The van der Waals surface area contributed by atoms with Gasteiger partial charge in [0.25, 0.3) is 0 Å². The molecule has 10 heavy (non-hydrogen) atoms. The third-order valence-electron chi connectivity index (χ3n) is 1.28. The predicted octanol–water partition coefficient (Wildman–Crippen LogP) is 0.889. The van der Waals surface area contributed by atoms with E-state index in [2.05, 4.69) is 5.11 Å². The second-order valence-electron chi connectivity index (χ2n) is 2.15. The van der Waals surface area contributed by atoms with Crippen molar-refractivity contribution in [1.29, 1.82) is 5.53 Å². The van der Waals surface area contributed by atoms with E-state index in [1.807, 2.05) is 0 Å². The molecule has 1 heterocycles. The highest BCUT2D eigenvalue weighted by atomic mass is 16.5. The molecular weight excluding hydrogens is 132 g/mol. The largest absolute Gasteiger partial charge is 0.343 e. The number of ether oxygens (including phenoxy) is 1. The fourth-order valence-corrected chi connectivity index (χ4v) is 0.798. The summed E-state index contributed by atoms with van der Waals surface area (Å²) in [5.41, 5.74) is 7.34. The summed E-state index contributed by atoms with van der Waals surface area (Å²) in [5.74, 6) is -0.0580. The average Bonchev–Trinajstić information content (AvgIpc) is 1.88. The first-order valence-electron chi connectivity index (χ1n) is 2.93. The van der Waals surface area contributed by atoms with E-state index >= 15 is 0 Å². The summed E-state index contributed by atoms with van der Waals surface area (Å²) in [5, 5.41) is 3.17. The lowest BCUT2D eigenvalue weighted by atomic mass is 10.2. The molecule has 0 radical (unpaired) electrons. The standard InChI is InChI=1S/C6H8N2O2/c1-4-2-5(9)3-10-6(4)8-7/h2,6-7H,3H2,1H3. The summed E-state index contributed by atoms with van der Waals surface area (Å²) in [6.45, 7) is 1.77. The Bertz CT molecular complexity index is 198. The van der Waals surface area contributed by atoms with Crippen LogP contribution in [0.1, 0.15) is 6.92 Å². The van der Waals surface area contributed by atoms with Crippen molar-refractivity contribution in [1.82, 2.24) is 0 Å². The first-order valence-corrected chi connectivity index (χ1v) is 2.93. The summed E-state index contributed by atoms with van der Waals surface area (Å²) >= 11 is 0. The maximum Gasteiger partial charge on any atom is 0.190 e. The molecule has 0 saturated heterocycles. The molecule has 0 aromatic rings. The Morgan fingerprint density at radius 1 is 1.90 bits per heavy atom. The van der Waals surface area contributed by atoms with Crippen LogP contribution in [-0.2, 0) is 9.53 Å². The fourth-order valence-electron chi connectivity index (χ4n) is 0.798. The number of nitrogens with zero attached hydrogens (tertiary/aromatic N) is 1. The molecule has 0 spiro atoms. The second-order valence-corrected chi connectivity index (χ2v) is 2.15. The van der Waals surface area contributed by atoms with Crippen molar-refractivity contribution >= 4 is 5.78 Å². The highest BCUT2D eigenvalue weighted by Gasteiger charge is 2.17. The molecule has 1 rings (SSSR count). The lowest BCUT2D eigenvalue weighted by Crippen LogP contribution is -2.22. The number of carbonyl (C=O) groups excluding carboxylic acids is 1. The number of hydrogen-bond acceptors (Lipinski definition) is 4. The number of hydrogen-bond donors (Lipinski definition) is 1. The van der Waals surface area contributed by atoms with Gasteiger partial charge in [0, 0.05) is 0 Å². The number of rotatable bonds is 1. The Morgan fingerprint density at radius 3 is 3.10 bits per heavy atom. The highest BCUT2D eigenvalue weighted by Crippen LogP contribution is 2.11. The van der Waals surface area contributed by atoms with Gasteiger partial charge in [-0.25, -0.2) is 5.53 Å². The van der Waals surface area contributed by atoms with Crippen molar-refractivity contribution in [2.24, 2.45) is 5.11 Å². The normalized spacial score (nSPS) is 25.9. The van der Waals surface area contributed by atoms with E-state index in [1.54, 1.807) is 6.92 Å². The van der Waals surface area contributed by atoms with E-state index in [9.17, 15) is 4.79 Å². The molecule has 0 saturated carbocycles.